The van der Waals surface area contributed by atoms with Crippen LogP contribution >= 0.6 is 0 Å². The zero-order chi connectivity index (χ0) is 7.35. The first-order valence-electron chi connectivity index (χ1n) is 4.24. The minimum atomic E-state index is 0.468. The van der Waals surface area contributed by atoms with E-state index < -0.39 is 0 Å². The predicted molar refractivity (Wildman–Crippen MR) is 40.8 cm³/mol. The van der Waals surface area contributed by atoms with Gasteiger partial charge in [-0.3, -0.25) is 0 Å². The van der Waals surface area contributed by atoms with Crippen LogP contribution in [0.25, 0.3) is 0 Å². The number of fused-ring (bicyclic) bond motifs is 1. The molecular weight excluding hydrogens is 124 g/mol. The van der Waals surface area contributed by atoms with Gasteiger partial charge in [-0.15, -0.1) is 0 Å². The molecule has 2 fully saturated rings. The van der Waals surface area contributed by atoms with Gasteiger partial charge in [0.05, 0.1) is 12.2 Å². The highest BCUT2D eigenvalue weighted by molar-refractivity contribution is 5.01. The van der Waals surface area contributed by atoms with E-state index in [9.17, 15) is 0 Å². The van der Waals surface area contributed by atoms with Crippen molar-refractivity contribution in [3.8, 4) is 0 Å². The largest absolute Gasteiger partial charge is 0.369 e. The molecule has 0 radical (unpaired) electrons. The summed E-state index contributed by atoms with van der Waals surface area (Å²) < 4.78 is 5.49. The van der Waals surface area contributed by atoms with Gasteiger partial charge < -0.3 is 4.74 Å². The highest BCUT2D eigenvalue weighted by atomic mass is 16.6. The van der Waals surface area contributed by atoms with E-state index in [-0.39, 0.29) is 0 Å². The Kier molecular flexibility index (Phi) is 1.17. The highest BCUT2D eigenvalue weighted by Gasteiger charge is 2.53. The molecule has 1 saturated heterocycles. The van der Waals surface area contributed by atoms with Crippen LogP contribution in [0.2, 0.25) is 0 Å². The van der Waals surface area contributed by atoms with Crippen LogP contribution in [0.5, 0.6) is 0 Å². The molecule has 58 valence electrons. The first-order chi connectivity index (χ1) is 4.59. The lowest BCUT2D eigenvalue weighted by Gasteiger charge is -2.26. The summed E-state index contributed by atoms with van der Waals surface area (Å²) in [7, 11) is 0. The van der Waals surface area contributed by atoms with Crippen molar-refractivity contribution in [1.82, 2.24) is 0 Å². The van der Waals surface area contributed by atoms with Gasteiger partial charge in [-0.2, -0.15) is 0 Å². The van der Waals surface area contributed by atoms with Crippen molar-refractivity contribution in [3.63, 3.8) is 0 Å². The lowest BCUT2D eigenvalue weighted by Crippen LogP contribution is -2.22. The van der Waals surface area contributed by atoms with Crippen LogP contribution in [0, 0.1) is 11.3 Å². The molecule has 2 rings (SSSR count). The monoisotopic (exact) mass is 140 g/mol. The van der Waals surface area contributed by atoms with Crippen molar-refractivity contribution in [2.75, 3.05) is 0 Å². The Hall–Kier alpha value is -0.0400. The van der Waals surface area contributed by atoms with Crippen molar-refractivity contribution in [1.29, 1.82) is 0 Å². The molecule has 0 N–H and O–H groups in total. The summed E-state index contributed by atoms with van der Waals surface area (Å²) in [6, 6.07) is 0. The van der Waals surface area contributed by atoms with E-state index in [1.807, 2.05) is 0 Å². The van der Waals surface area contributed by atoms with Crippen LogP contribution in [0.4, 0.5) is 0 Å². The molecule has 0 aromatic heterocycles. The van der Waals surface area contributed by atoms with Crippen molar-refractivity contribution in [3.05, 3.63) is 0 Å². The van der Waals surface area contributed by atoms with Gasteiger partial charge in [-0.1, -0.05) is 20.8 Å². The van der Waals surface area contributed by atoms with Gasteiger partial charge in [-0.05, 0) is 24.2 Å². The van der Waals surface area contributed by atoms with E-state index in [0.717, 1.165) is 5.92 Å². The Labute approximate surface area is 62.8 Å². The van der Waals surface area contributed by atoms with Crippen molar-refractivity contribution < 1.29 is 4.74 Å². The average Bonchev–Trinajstić information content (AvgIpc) is 2.40. The Morgan fingerprint density at radius 3 is 2.10 bits per heavy atom. The molecule has 10 heavy (non-hydrogen) atoms. The van der Waals surface area contributed by atoms with Gasteiger partial charge in [0, 0.05) is 0 Å². The predicted octanol–water partition coefficient (Wildman–Crippen LogP) is 2.21. The summed E-state index contributed by atoms with van der Waals surface area (Å²) in [5.74, 6) is 0.831. The van der Waals surface area contributed by atoms with Crippen LogP contribution in [0.3, 0.4) is 0 Å². The first-order valence-corrected chi connectivity index (χ1v) is 4.24. The van der Waals surface area contributed by atoms with E-state index in [1.165, 1.54) is 12.8 Å². The standard InChI is InChI=1S/C9H16O/c1-9(2,3)6-4-5-7-8(6)10-7/h6-8H,4-5H2,1-3H3. The van der Waals surface area contributed by atoms with Crippen molar-refractivity contribution in [2.45, 2.75) is 45.8 Å². The molecule has 3 unspecified atom stereocenters. The quantitative estimate of drug-likeness (QED) is 0.470. The number of epoxide rings is 1. The maximum atomic E-state index is 5.49. The fourth-order valence-electron chi connectivity index (χ4n) is 2.18. The van der Waals surface area contributed by atoms with E-state index in [0.29, 0.717) is 17.6 Å². The van der Waals surface area contributed by atoms with E-state index in [4.69, 9.17) is 4.74 Å². The SMILES string of the molecule is CC(C)(C)C1CCC2OC21. The molecule has 1 heterocycles. The maximum absolute atomic E-state index is 5.49. The molecule has 1 aliphatic carbocycles. The number of hydrogen-bond acceptors (Lipinski definition) is 1. The van der Waals surface area contributed by atoms with Crippen molar-refractivity contribution in [2.24, 2.45) is 11.3 Å². The normalized spacial score (nSPS) is 45.3. The third kappa shape index (κ3) is 0.878. The van der Waals surface area contributed by atoms with Crippen LogP contribution < -0.4 is 0 Å². The molecule has 0 aromatic rings. The van der Waals surface area contributed by atoms with E-state index >= 15 is 0 Å². The topological polar surface area (TPSA) is 12.5 Å². The Balaban J connectivity index is 2.05. The van der Waals surface area contributed by atoms with Gasteiger partial charge >= 0.3 is 0 Å². The third-order valence-electron chi connectivity index (χ3n) is 2.89. The highest BCUT2D eigenvalue weighted by Crippen LogP contribution is 2.50. The lowest BCUT2D eigenvalue weighted by atomic mass is 9.79. The van der Waals surface area contributed by atoms with Crippen LogP contribution in [-0.2, 0) is 4.74 Å². The summed E-state index contributed by atoms with van der Waals surface area (Å²) in [4.78, 5) is 0. The Morgan fingerprint density at radius 2 is 1.90 bits per heavy atom. The van der Waals surface area contributed by atoms with Gasteiger partial charge in [-0.25, -0.2) is 0 Å². The maximum Gasteiger partial charge on any atom is 0.0874 e. The number of rotatable bonds is 0. The summed E-state index contributed by atoms with van der Waals surface area (Å²) in [6.07, 6.45) is 4.00. The Morgan fingerprint density at radius 1 is 1.20 bits per heavy atom. The van der Waals surface area contributed by atoms with Gasteiger partial charge in [0.15, 0.2) is 0 Å². The van der Waals surface area contributed by atoms with E-state index in [2.05, 4.69) is 20.8 Å². The van der Waals surface area contributed by atoms with Crippen LogP contribution in [-0.4, -0.2) is 12.2 Å². The van der Waals surface area contributed by atoms with E-state index in [1.54, 1.807) is 0 Å². The second kappa shape index (κ2) is 1.76. The molecule has 1 aliphatic heterocycles. The minimum Gasteiger partial charge on any atom is -0.369 e. The Bertz CT molecular complexity index is 145. The fourth-order valence-corrected chi connectivity index (χ4v) is 2.18. The summed E-state index contributed by atoms with van der Waals surface area (Å²) >= 11 is 0. The summed E-state index contributed by atoms with van der Waals surface area (Å²) in [5, 5.41) is 0. The summed E-state index contributed by atoms with van der Waals surface area (Å²) in [5.41, 5.74) is 0.468. The molecule has 0 bridgehead atoms. The number of hydrogen-bond donors (Lipinski definition) is 0. The molecular formula is C9H16O. The van der Waals surface area contributed by atoms with Crippen LogP contribution in [0.15, 0.2) is 0 Å². The fraction of sp³-hybridized carbons (Fsp3) is 1.00. The minimum absolute atomic E-state index is 0.468. The van der Waals surface area contributed by atoms with Crippen molar-refractivity contribution >= 4 is 0 Å². The molecule has 0 aromatic carbocycles. The van der Waals surface area contributed by atoms with Gasteiger partial charge in [0.1, 0.15) is 0 Å². The zero-order valence-electron chi connectivity index (χ0n) is 7.05. The second-order valence-electron chi connectivity index (χ2n) is 4.69. The average molecular weight is 140 g/mol. The van der Waals surface area contributed by atoms with Gasteiger partial charge in [0.2, 0.25) is 0 Å². The van der Waals surface area contributed by atoms with Gasteiger partial charge in [0.25, 0.3) is 0 Å². The molecule has 1 saturated carbocycles. The molecule has 1 nitrogen and oxygen atoms in total. The smallest absolute Gasteiger partial charge is 0.0874 e. The molecule has 2 aliphatic rings. The zero-order valence-corrected chi connectivity index (χ0v) is 7.05. The van der Waals surface area contributed by atoms with Crippen LogP contribution in [0.1, 0.15) is 33.6 Å². The lowest BCUT2D eigenvalue weighted by molar-refractivity contribution is 0.160. The first kappa shape index (κ1) is 6.66. The second-order valence-corrected chi connectivity index (χ2v) is 4.69. The molecule has 0 amide bonds. The summed E-state index contributed by atoms with van der Waals surface area (Å²) in [6.45, 7) is 6.96. The third-order valence-corrected chi connectivity index (χ3v) is 2.89. The molecule has 3 atom stereocenters. The number of ether oxygens (including phenoxy) is 1. The molecule has 1 heteroatoms. The molecule has 0 spiro atoms.